The van der Waals surface area contributed by atoms with E-state index in [1.807, 2.05) is 25.1 Å². The predicted octanol–water partition coefficient (Wildman–Crippen LogP) is 2.50. The summed E-state index contributed by atoms with van der Waals surface area (Å²) < 4.78 is 5.09. The number of nitrogens with one attached hydrogen (secondary N) is 2. The first-order chi connectivity index (χ1) is 13.0. The van der Waals surface area contributed by atoms with Crippen molar-refractivity contribution in [3.8, 4) is 0 Å². The molecule has 1 atom stereocenters. The molecule has 0 unspecified atom stereocenters. The minimum Gasteiger partial charge on any atom is -0.359 e. The highest BCUT2D eigenvalue weighted by Crippen LogP contribution is 2.21. The van der Waals surface area contributed by atoms with Gasteiger partial charge in [0.2, 0.25) is 5.91 Å². The molecule has 1 aromatic heterocycles. The van der Waals surface area contributed by atoms with Gasteiger partial charge in [0.05, 0.1) is 5.92 Å². The molecule has 3 rings (SSSR count). The number of carbonyl (C=O) groups is 2. The van der Waals surface area contributed by atoms with Gasteiger partial charge >= 0.3 is 0 Å². The van der Waals surface area contributed by atoms with Crippen LogP contribution in [0.3, 0.4) is 0 Å². The molecule has 27 heavy (non-hydrogen) atoms. The standard InChI is InChI=1S/C20H26N4O3/c1-4-21-19(25)17-8-9-24(12-17)11-15-6-5-7-16(10-15)20(26)22-18-13(2)23-27-14(18)3/h5-7,10,17H,4,8-9,11-12H2,1-3H3,(H,21,25)(H,22,26)/t17-/m1/s1. The van der Waals surface area contributed by atoms with Crippen LogP contribution in [-0.2, 0) is 11.3 Å². The number of aryl methyl sites for hydroxylation is 2. The van der Waals surface area contributed by atoms with Gasteiger partial charge in [-0.15, -0.1) is 0 Å². The largest absolute Gasteiger partial charge is 0.359 e. The van der Waals surface area contributed by atoms with Crippen LogP contribution in [0.25, 0.3) is 0 Å². The Bertz CT molecular complexity index is 811. The molecular weight excluding hydrogens is 344 g/mol. The van der Waals surface area contributed by atoms with Crippen molar-refractivity contribution >= 4 is 17.5 Å². The van der Waals surface area contributed by atoms with Gasteiger partial charge in [0, 0.05) is 25.2 Å². The summed E-state index contributed by atoms with van der Waals surface area (Å²) in [6.45, 7) is 8.52. The fourth-order valence-corrected chi connectivity index (χ4v) is 3.43. The molecule has 2 N–H and O–H groups in total. The van der Waals surface area contributed by atoms with Crippen LogP contribution in [0.5, 0.6) is 0 Å². The molecule has 0 aliphatic carbocycles. The molecule has 7 nitrogen and oxygen atoms in total. The van der Waals surface area contributed by atoms with E-state index in [0.717, 1.165) is 31.6 Å². The zero-order valence-corrected chi connectivity index (χ0v) is 16.0. The molecule has 0 bridgehead atoms. The van der Waals surface area contributed by atoms with Gasteiger partial charge in [-0.3, -0.25) is 14.5 Å². The van der Waals surface area contributed by atoms with Crippen LogP contribution >= 0.6 is 0 Å². The first kappa shape index (κ1) is 19.1. The average molecular weight is 370 g/mol. The average Bonchev–Trinajstić information content (AvgIpc) is 3.24. The van der Waals surface area contributed by atoms with E-state index in [0.29, 0.717) is 29.2 Å². The van der Waals surface area contributed by atoms with E-state index in [-0.39, 0.29) is 17.7 Å². The Labute approximate surface area is 159 Å². The van der Waals surface area contributed by atoms with Gasteiger partial charge in [-0.05, 0) is 51.4 Å². The number of hydrogen-bond acceptors (Lipinski definition) is 5. The van der Waals surface area contributed by atoms with E-state index < -0.39 is 0 Å². The van der Waals surface area contributed by atoms with Gasteiger partial charge in [0.25, 0.3) is 5.91 Å². The number of rotatable bonds is 6. The van der Waals surface area contributed by atoms with E-state index in [1.165, 1.54) is 0 Å². The van der Waals surface area contributed by atoms with E-state index in [9.17, 15) is 9.59 Å². The zero-order valence-electron chi connectivity index (χ0n) is 16.0. The van der Waals surface area contributed by atoms with Gasteiger partial charge in [0.1, 0.15) is 11.4 Å². The minimum absolute atomic E-state index is 0.0518. The van der Waals surface area contributed by atoms with Gasteiger partial charge in [-0.25, -0.2) is 0 Å². The van der Waals surface area contributed by atoms with Crippen LogP contribution in [0.2, 0.25) is 0 Å². The van der Waals surface area contributed by atoms with Crippen LogP contribution in [-0.4, -0.2) is 41.5 Å². The van der Waals surface area contributed by atoms with Gasteiger partial charge < -0.3 is 15.2 Å². The predicted molar refractivity (Wildman–Crippen MR) is 102 cm³/mol. The van der Waals surface area contributed by atoms with Crippen molar-refractivity contribution in [1.29, 1.82) is 0 Å². The third-order valence-electron chi connectivity index (χ3n) is 4.86. The summed E-state index contributed by atoms with van der Waals surface area (Å²) in [7, 11) is 0. The second kappa shape index (κ2) is 8.35. The molecule has 1 aromatic carbocycles. The maximum Gasteiger partial charge on any atom is 0.255 e. The fourth-order valence-electron chi connectivity index (χ4n) is 3.43. The normalized spacial score (nSPS) is 17.1. The highest BCUT2D eigenvalue weighted by molar-refractivity contribution is 6.04. The van der Waals surface area contributed by atoms with Crippen LogP contribution in [0.1, 0.15) is 40.7 Å². The lowest BCUT2D eigenvalue weighted by Crippen LogP contribution is -2.32. The van der Waals surface area contributed by atoms with Gasteiger partial charge in [0.15, 0.2) is 5.76 Å². The lowest BCUT2D eigenvalue weighted by molar-refractivity contribution is -0.124. The van der Waals surface area contributed by atoms with Crippen molar-refractivity contribution in [2.75, 3.05) is 25.0 Å². The van der Waals surface area contributed by atoms with Crippen LogP contribution in [0.4, 0.5) is 5.69 Å². The molecular formula is C20H26N4O3. The molecule has 2 amide bonds. The van der Waals surface area contributed by atoms with E-state index in [1.54, 1.807) is 19.9 Å². The topological polar surface area (TPSA) is 87.5 Å². The molecule has 2 aromatic rings. The summed E-state index contributed by atoms with van der Waals surface area (Å²) in [5.41, 5.74) is 2.92. The summed E-state index contributed by atoms with van der Waals surface area (Å²) in [6.07, 6.45) is 0.873. The number of hydrogen-bond donors (Lipinski definition) is 2. The van der Waals surface area contributed by atoms with E-state index in [2.05, 4.69) is 20.7 Å². The summed E-state index contributed by atoms with van der Waals surface area (Å²) in [4.78, 5) is 26.8. The highest BCUT2D eigenvalue weighted by atomic mass is 16.5. The lowest BCUT2D eigenvalue weighted by atomic mass is 10.1. The Hall–Kier alpha value is -2.67. The SMILES string of the molecule is CCNC(=O)[C@@H]1CCN(Cc2cccc(C(=O)Nc3c(C)noc3C)c2)C1. The molecule has 1 fully saturated rings. The van der Waals surface area contributed by atoms with Gasteiger partial charge in [-0.2, -0.15) is 0 Å². The smallest absolute Gasteiger partial charge is 0.255 e. The second-order valence-electron chi connectivity index (χ2n) is 6.97. The Morgan fingerprint density at radius 1 is 1.33 bits per heavy atom. The van der Waals surface area contributed by atoms with E-state index >= 15 is 0 Å². The van der Waals surface area contributed by atoms with Crippen LogP contribution < -0.4 is 10.6 Å². The van der Waals surface area contributed by atoms with Gasteiger partial charge in [-0.1, -0.05) is 17.3 Å². The Morgan fingerprint density at radius 3 is 2.85 bits per heavy atom. The number of likely N-dealkylation sites (tertiary alicyclic amines) is 1. The fraction of sp³-hybridized carbons (Fsp3) is 0.450. The summed E-state index contributed by atoms with van der Waals surface area (Å²) in [6, 6.07) is 7.58. The quantitative estimate of drug-likeness (QED) is 0.816. The monoisotopic (exact) mass is 370 g/mol. The van der Waals surface area contributed by atoms with Crippen molar-refractivity contribution in [3.63, 3.8) is 0 Å². The number of carbonyl (C=O) groups excluding carboxylic acids is 2. The molecule has 144 valence electrons. The zero-order chi connectivity index (χ0) is 19.4. The molecule has 2 heterocycles. The highest BCUT2D eigenvalue weighted by Gasteiger charge is 2.27. The molecule has 1 saturated heterocycles. The molecule has 1 aliphatic rings. The van der Waals surface area contributed by atoms with Crippen molar-refractivity contribution in [3.05, 3.63) is 46.8 Å². The van der Waals surface area contributed by atoms with Crippen molar-refractivity contribution < 1.29 is 14.1 Å². The summed E-state index contributed by atoms with van der Waals surface area (Å²) in [5, 5.41) is 9.62. The molecule has 0 saturated carbocycles. The lowest BCUT2D eigenvalue weighted by Gasteiger charge is -2.16. The first-order valence-electron chi connectivity index (χ1n) is 9.31. The Kier molecular flexibility index (Phi) is 5.91. The van der Waals surface area contributed by atoms with Crippen molar-refractivity contribution in [2.24, 2.45) is 5.92 Å². The van der Waals surface area contributed by atoms with Crippen LogP contribution in [0.15, 0.2) is 28.8 Å². The Morgan fingerprint density at radius 2 is 2.15 bits per heavy atom. The number of anilines is 1. The number of nitrogens with zero attached hydrogens (tertiary/aromatic N) is 2. The number of amides is 2. The van der Waals surface area contributed by atoms with E-state index in [4.69, 9.17) is 4.52 Å². The minimum atomic E-state index is -0.187. The first-order valence-corrected chi connectivity index (χ1v) is 9.31. The molecule has 7 heteroatoms. The second-order valence-corrected chi connectivity index (χ2v) is 6.97. The molecule has 0 spiro atoms. The summed E-state index contributed by atoms with van der Waals surface area (Å²) in [5.74, 6) is 0.585. The third kappa shape index (κ3) is 4.54. The Balaban J connectivity index is 1.62. The maximum absolute atomic E-state index is 12.6. The third-order valence-corrected chi connectivity index (χ3v) is 4.86. The molecule has 0 radical (unpaired) electrons. The number of aromatic nitrogens is 1. The molecule has 1 aliphatic heterocycles. The van der Waals surface area contributed by atoms with Crippen LogP contribution in [0, 0.1) is 19.8 Å². The number of benzene rings is 1. The van der Waals surface area contributed by atoms with Crippen molar-refractivity contribution in [2.45, 2.75) is 33.7 Å². The van der Waals surface area contributed by atoms with Crippen molar-refractivity contribution in [1.82, 2.24) is 15.4 Å². The maximum atomic E-state index is 12.6. The summed E-state index contributed by atoms with van der Waals surface area (Å²) >= 11 is 0.